The molecule has 1 fully saturated rings. The van der Waals surface area contributed by atoms with E-state index in [0.717, 1.165) is 41.9 Å². The lowest BCUT2D eigenvalue weighted by Gasteiger charge is -2.19. The third-order valence-electron chi connectivity index (χ3n) is 5.60. The van der Waals surface area contributed by atoms with Crippen LogP contribution < -0.4 is 16.0 Å². The van der Waals surface area contributed by atoms with E-state index in [4.69, 9.17) is 11.6 Å². The Balaban J connectivity index is 0.00000119. The Morgan fingerprint density at radius 2 is 1.94 bits per heavy atom. The van der Waals surface area contributed by atoms with Crippen molar-refractivity contribution in [1.29, 1.82) is 0 Å². The highest BCUT2D eigenvalue weighted by Gasteiger charge is 2.21. The summed E-state index contributed by atoms with van der Waals surface area (Å²) in [6.07, 6.45) is 8.13. The zero-order chi connectivity index (χ0) is 22.8. The Kier molecular flexibility index (Phi) is 6.34. The molecular formula is C23H28ClN7O. The van der Waals surface area contributed by atoms with Crippen molar-refractivity contribution < 1.29 is 4.79 Å². The number of nitrogens with zero attached hydrogens (tertiary/aromatic N) is 5. The summed E-state index contributed by atoms with van der Waals surface area (Å²) in [7, 11) is 1.50. The van der Waals surface area contributed by atoms with E-state index < -0.39 is 0 Å². The molecule has 0 radical (unpaired) electrons. The van der Waals surface area contributed by atoms with E-state index in [1.54, 1.807) is 6.07 Å². The minimum absolute atomic E-state index is 0.207. The SMILES string of the molecule is CCn1cc2c(N3CCCC3)ccc(C(=O)Nc3cc(Cl)c4nc(C)cn4c3)c2n1.CN. The number of nitrogens with two attached hydrogens (primary N) is 1. The number of hydrogen-bond acceptors (Lipinski definition) is 5. The number of halogens is 1. The van der Waals surface area contributed by atoms with Crippen LogP contribution in [0, 0.1) is 6.92 Å². The first-order chi connectivity index (χ1) is 15.5. The van der Waals surface area contributed by atoms with Crippen molar-refractivity contribution in [2.24, 2.45) is 5.73 Å². The Morgan fingerprint density at radius 3 is 2.66 bits per heavy atom. The van der Waals surface area contributed by atoms with Crippen molar-refractivity contribution in [3.63, 3.8) is 0 Å². The zero-order valence-corrected chi connectivity index (χ0v) is 19.4. The fourth-order valence-electron chi connectivity index (χ4n) is 4.16. The van der Waals surface area contributed by atoms with Crippen molar-refractivity contribution in [1.82, 2.24) is 19.2 Å². The molecule has 0 bridgehead atoms. The van der Waals surface area contributed by atoms with Gasteiger partial charge < -0.3 is 20.4 Å². The molecule has 0 atom stereocenters. The van der Waals surface area contributed by atoms with Gasteiger partial charge in [0.15, 0.2) is 5.65 Å². The van der Waals surface area contributed by atoms with Gasteiger partial charge in [0.05, 0.1) is 22.0 Å². The molecular weight excluding hydrogens is 426 g/mol. The van der Waals surface area contributed by atoms with Crippen LogP contribution >= 0.6 is 11.6 Å². The second-order valence-corrected chi connectivity index (χ2v) is 8.12. The smallest absolute Gasteiger partial charge is 0.257 e. The molecule has 0 saturated carbocycles. The summed E-state index contributed by atoms with van der Waals surface area (Å²) in [4.78, 5) is 19.9. The zero-order valence-electron chi connectivity index (χ0n) is 18.6. The second kappa shape index (κ2) is 9.18. The number of imidazole rings is 1. The molecule has 4 aromatic rings. The number of aryl methyl sites for hydroxylation is 2. The molecule has 8 nitrogen and oxygen atoms in total. The van der Waals surface area contributed by atoms with Gasteiger partial charge in [0.2, 0.25) is 0 Å². The van der Waals surface area contributed by atoms with Crippen LogP contribution in [0.25, 0.3) is 16.6 Å². The fraction of sp³-hybridized carbons (Fsp3) is 0.348. The van der Waals surface area contributed by atoms with Crippen LogP contribution in [0.15, 0.2) is 36.8 Å². The van der Waals surface area contributed by atoms with Gasteiger partial charge >= 0.3 is 0 Å². The van der Waals surface area contributed by atoms with Crippen molar-refractivity contribution in [2.45, 2.75) is 33.2 Å². The molecule has 1 aliphatic rings. The largest absolute Gasteiger partial charge is 0.371 e. The number of anilines is 2. The molecule has 1 aliphatic heterocycles. The van der Waals surface area contributed by atoms with Crippen LogP contribution in [0.2, 0.25) is 5.02 Å². The summed E-state index contributed by atoms with van der Waals surface area (Å²) in [5, 5.41) is 9.17. The predicted molar refractivity (Wildman–Crippen MR) is 130 cm³/mol. The first-order valence-electron chi connectivity index (χ1n) is 10.8. The van der Waals surface area contributed by atoms with Crippen LogP contribution in [-0.4, -0.2) is 45.2 Å². The van der Waals surface area contributed by atoms with Gasteiger partial charge in [0, 0.05) is 49.3 Å². The highest BCUT2D eigenvalue weighted by Crippen LogP contribution is 2.32. The first-order valence-corrected chi connectivity index (χ1v) is 11.2. The number of nitrogens with one attached hydrogen (secondary N) is 1. The predicted octanol–water partition coefficient (Wildman–Crippen LogP) is 4.09. The topological polar surface area (TPSA) is 93.5 Å². The van der Waals surface area contributed by atoms with Gasteiger partial charge in [-0.25, -0.2) is 4.98 Å². The molecule has 1 amide bonds. The van der Waals surface area contributed by atoms with Crippen molar-refractivity contribution in [3.8, 4) is 0 Å². The van der Waals surface area contributed by atoms with Crippen LogP contribution in [0.3, 0.4) is 0 Å². The Labute approximate surface area is 192 Å². The lowest BCUT2D eigenvalue weighted by molar-refractivity contribution is 0.102. The fourth-order valence-corrected chi connectivity index (χ4v) is 4.42. The molecule has 3 N–H and O–H groups in total. The molecule has 4 heterocycles. The van der Waals surface area contributed by atoms with E-state index in [9.17, 15) is 4.79 Å². The number of aromatic nitrogens is 4. The van der Waals surface area contributed by atoms with E-state index in [1.807, 2.05) is 53.7 Å². The maximum Gasteiger partial charge on any atom is 0.257 e. The number of carbonyl (C=O) groups excluding carboxylic acids is 1. The van der Waals surface area contributed by atoms with Crippen molar-refractivity contribution in [3.05, 3.63) is 53.1 Å². The average molecular weight is 454 g/mol. The standard InChI is InChI=1S/C22H23ClN6O.CH5N/c1-3-29-13-17-19(27-8-4-5-9-27)7-6-16(20(17)26-29)22(30)25-15-10-18(23)21-24-14(2)11-28(21)12-15;1-2/h6-7,10-13H,3-5,8-9H2,1-2H3,(H,25,30);2H2,1H3. The summed E-state index contributed by atoms with van der Waals surface area (Å²) in [5.41, 5.74) is 9.08. The summed E-state index contributed by atoms with van der Waals surface area (Å²) in [6, 6.07) is 5.64. The Morgan fingerprint density at radius 1 is 1.19 bits per heavy atom. The van der Waals surface area contributed by atoms with E-state index in [2.05, 4.69) is 26.0 Å². The van der Waals surface area contributed by atoms with Crippen LogP contribution in [0.5, 0.6) is 0 Å². The summed E-state index contributed by atoms with van der Waals surface area (Å²) in [6.45, 7) is 6.79. The summed E-state index contributed by atoms with van der Waals surface area (Å²) < 4.78 is 3.71. The lowest BCUT2D eigenvalue weighted by Crippen LogP contribution is -2.18. The minimum atomic E-state index is -0.207. The normalized spacial score (nSPS) is 13.5. The van der Waals surface area contributed by atoms with Crippen LogP contribution in [0.4, 0.5) is 11.4 Å². The molecule has 9 heteroatoms. The first kappa shape index (κ1) is 22.1. The van der Waals surface area contributed by atoms with Crippen molar-refractivity contribution in [2.75, 3.05) is 30.4 Å². The number of benzene rings is 1. The average Bonchev–Trinajstić information content (AvgIpc) is 3.53. The van der Waals surface area contributed by atoms with Gasteiger partial charge in [-0.1, -0.05) is 11.6 Å². The minimum Gasteiger partial charge on any atom is -0.371 e. The summed E-state index contributed by atoms with van der Waals surface area (Å²) >= 11 is 6.36. The number of hydrogen-bond donors (Lipinski definition) is 2. The molecule has 5 rings (SSSR count). The van der Waals surface area contributed by atoms with Gasteiger partial charge in [-0.2, -0.15) is 5.10 Å². The molecule has 32 heavy (non-hydrogen) atoms. The number of fused-ring (bicyclic) bond motifs is 2. The van der Waals surface area contributed by atoms with Gasteiger partial charge in [-0.15, -0.1) is 0 Å². The van der Waals surface area contributed by atoms with E-state index >= 15 is 0 Å². The maximum atomic E-state index is 13.2. The highest BCUT2D eigenvalue weighted by atomic mass is 35.5. The quantitative estimate of drug-likeness (QED) is 0.485. The number of carbonyl (C=O) groups is 1. The molecule has 0 aliphatic carbocycles. The third-order valence-corrected chi connectivity index (χ3v) is 5.88. The molecule has 168 valence electrons. The monoisotopic (exact) mass is 453 g/mol. The highest BCUT2D eigenvalue weighted by molar-refractivity contribution is 6.33. The van der Waals surface area contributed by atoms with Gasteiger partial charge in [-0.3, -0.25) is 9.48 Å². The maximum absolute atomic E-state index is 13.2. The molecule has 3 aromatic heterocycles. The number of rotatable bonds is 4. The van der Waals surface area contributed by atoms with E-state index in [1.165, 1.54) is 19.9 Å². The molecule has 0 spiro atoms. The lowest BCUT2D eigenvalue weighted by atomic mass is 10.1. The van der Waals surface area contributed by atoms with Crippen LogP contribution in [-0.2, 0) is 6.54 Å². The van der Waals surface area contributed by atoms with Crippen molar-refractivity contribution >= 4 is 45.4 Å². The van der Waals surface area contributed by atoms with Crippen LogP contribution in [0.1, 0.15) is 35.8 Å². The van der Waals surface area contributed by atoms with E-state index in [0.29, 0.717) is 21.9 Å². The second-order valence-electron chi connectivity index (χ2n) is 7.72. The Hall–Kier alpha value is -3.10. The summed E-state index contributed by atoms with van der Waals surface area (Å²) in [5.74, 6) is -0.207. The molecule has 1 saturated heterocycles. The third kappa shape index (κ3) is 4.03. The number of amides is 1. The number of pyridine rings is 1. The van der Waals surface area contributed by atoms with E-state index in [-0.39, 0.29) is 5.91 Å². The molecule has 0 unspecified atom stereocenters. The van der Waals surface area contributed by atoms with Gasteiger partial charge in [-0.05, 0) is 51.9 Å². The van der Waals surface area contributed by atoms with Gasteiger partial charge in [0.1, 0.15) is 5.52 Å². The Bertz CT molecular complexity index is 1270. The van der Waals surface area contributed by atoms with Gasteiger partial charge in [0.25, 0.3) is 5.91 Å². The molecule has 1 aromatic carbocycles.